The molecule has 0 amide bonds. The molecule has 0 nitrogen and oxygen atoms in total. The molecule has 0 aliphatic rings. The molecule has 0 bridgehead atoms. The zero-order chi connectivity index (χ0) is 9.78. The summed E-state index contributed by atoms with van der Waals surface area (Å²) in [5.74, 6) is 2.26. The molecular weight excluding hydrogens is 223 g/mol. The van der Waals surface area contributed by atoms with Gasteiger partial charge in [0, 0.05) is 0 Å². The van der Waals surface area contributed by atoms with Crippen LogP contribution in [0.1, 0.15) is 58.3 Å². The zero-order valence-corrected chi connectivity index (χ0v) is 10.9. The van der Waals surface area contributed by atoms with Crippen molar-refractivity contribution in [2.45, 2.75) is 64.1 Å². The van der Waals surface area contributed by atoms with Crippen LogP contribution >= 0.6 is 0 Å². The van der Waals surface area contributed by atoms with E-state index in [4.69, 9.17) is 0 Å². The molecule has 0 aliphatic heterocycles. The second kappa shape index (κ2) is 12.3. The van der Waals surface area contributed by atoms with Crippen LogP contribution in [0.4, 0.5) is 0 Å². The van der Waals surface area contributed by atoms with Gasteiger partial charge in [-0.3, -0.25) is 0 Å². The van der Waals surface area contributed by atoms with Crippen molar-refractivity contribution in [2.24, 2.45) is 0 Å². The van der Waals surface area contributed by atoms with Crippen molar-refractivity contribution >= 4 is 15.0 Å². The van der Waals surface area contributed by atoms with E-state index in [1.165, 1.54) is 51.4 Å². The summed E-state index contributed by atoms with van der Waals surface area (Å²) < 4.78 is 0. The average Bonchev–Trinajstić information content (AvgIpc) is 2.16. The Morgan fingerprint density at radius 3 is 2.15 bits per heavy atom. The molecule has 0 fully saturated rings. The molecular formula is C12H24Se. The molecule has 0 aromatic rings. The standard InChI is InChI=1S/C12H24Se/c1-3-4-5-6-7-8-9-10-11-12-13-2/h11-12H,3-10H2,1-2H3/b12-11+. The molecule has 0 spiro atoms. The minimum atomic E-state index is 0.737. The summed E-state index contributed by atoms with van der Waals surface area (Å²) in [6.45, 7) is 2.28. The van der Waals surface area contributed by atoms with Gasteiger partial charge >= 0.3 is 90.1 Å². The SMILES string of the molecule is CCCCCCCCC/C=C/[Se]C. The summed E-state index contributed by atoms with van der Waals surface area (Å²) in [6.07, 6.45) is 13.6. The van der Waals surface area contributed by atoms with Crippen LogP contribution in [-0.2, 0) is 0 Å². The van der Waals surface area contributed by atoms with Crippen LogP contribution in [0, 0.1) is 0 Å². The fourth-order valence-electron chi connectivity index (χ4n) is 1.38. The van der Waals surface area contributed by atoms with Crippen LogP contribution in [0.5, 0.6) is 0 Å². The quantitative estimate of drug-likeness (QED) is 0.418. The molecule has 0 unspecified atom stereocenters. The Morgan fingerprint density at radius 2 is 1.54 bits per heavy atom. The van der Waals surface area contributed by atoms with Gasteiger partial charge < -0.3 is 0 Å². The van der Waals surface area contributed by atoms with Gasteiger partial charge in [0.1, 0.15) is 0 Å². The molecule has 0 atom stereocenters. The molecule has 0 N–H and O–H groups in total. The summed E-state index contributed by atoms with van der Waals surface area (Å²) >= 11 is 0.737. The molecule has 0 aliphatic carbocycles. The van der Waals surface area contributed by atoms with Crippen LogP contribution in [0.2, 0.25) is 5.82 Å². The van der Waals surface area contributed by atoms with Gasteiger partial charge in [-0.2, -0.15) is 0 Å². The van der Waals surface area contributed by atoms with Gasteiger partial charge in [0.15, 0.2) is 0 Å². The molecule has 0 rings (SSSR count). The molecule has 0 aromatic heterocycles. The third-order valence-electron chi connectivity index (χ3n) is 2.21. The van der Waals surface area contributed by atoms with Crippen LogP contribution in [0.15, 0.2) is 11.1 Å². The Morgan fingerprint density at radius 1 is 0.923 bits per heavy atom. The Hall–Kier alpha value is 0.259. The number of allylic oxidation sites excluding steroid dienone is 1. The van der Waals surface area contributed by atoms with E-state index in [1.807, 2.05) is 0 Å². The van der Waals surface area contributed by atoms with Crippen LogP contribution in [-0.4, -0.2) is 15.0 Å². The van der Waals surface area contributed by atoms with E-state index < -0.39 is 0 Å². The summed E-state index contributed by atoms with van der Waals surface area (Å²) in [6, 6.07) is 0. The molecule has 0 saturated carbocycles. The first-order chi connectivity index (χ1) is 6.41. The van der Waals surface area contributed by atoms with E-state index in [1.54, 1.807) is 0 Å². The monoisotopic (exact) mass is 248 g/mol. The first kappa shape index (κ1) is 13.3. The van der Waals surface area contributed by atoms with E-state index >= 15 is 0 Å². The van der Waals surface area contributed by atoms with Crippen molar-refractivity contribution < 1.29 is 0 Å². The molecule has 78 valence electrons. The molecule has 1 heteroatoms. The topological polar surface area (TPSA) is 0 Å². The maximum atomic E-state index is 2.35. The van der Waals surface area contributed by atoms with Crippen LogP contribution in [0.25, 0.3) is 0 Å². The first-order valence-electron chi connectivity index (χ1n) is 5.59. The Labute approximate surface area is 90.3 Å². The minimum absolute atomic E-state index is 0.737. The van der Waals surface area contributed by atoms with E-state index in [-0.39, 0.29) is 0 Å². The van der Waals surface area contributed by atoms with Gasteiger partial charge in [0.25, 0.3) is 0 Å². The number of rotatable bonds is 9. The Balaban J connectivity index is 2.87. The summed E-state index contributed by atoms with van der Waals surface area (Å²) in [5.41, 5.74) is 0. The predicted octanol–water partition coefficient (Wildman–Crippen LogP) is 4.39. The van der Waals surface area contributed by atoms with Crippen molar-refractivity contribution in [1.29, 1.82) is 0 Å². The fourth-order valence-corrected chi connectivity index (χ4v) is 2.07. The molecule has 0 heterocycles. The van der Waals surface area contributed by atoms with Crippen molar-refractivity contribution in [3.8, 4) is 0 Å². The van der Waals surface area contributed by atoms with Crippen LogP contribution < -0.4 is 0 Å². The van der Waals surface area contributed by atoms with E-state index in [0.717, 1.165) is 15.0 Å². The van der Waals surface area contributed by atoms with Gasteiger partial charge in [-0.15, -0.1) is 0 Å². The second-order valence-electron chi connectivity index (χ2n) is 3.52. The summed E-state index contributed by atoms with van der Waals surface area (Å²) in [5, 5.41) is 0. The normalized spacial score (nSPS) is 11.2. The van der Waals surface area contributed by atoms with E-state index in [2.05, 4.69) is 23.8 Å². The maximum absolute atomic E-state index is 2.35. The predicted molar refractivity (Wildman–Crippen MR) is 63.4 cm³/mol. The van der Waals surface area contributed by atoms with Crippen molar-refractivity contribution in [3.63, 3.8) is 0 Å². The third-order valence-corrected chi connectivity index (χ3v) is 3.18. The molecule has 0 aromatic carbocycles. The van der Waals surface area contributed by atoms with Crippen LogP contribution in [0.3, 0.4) is 0 Å². The van der Waals surface area contributed by atoms with Gasteiger partial charge in [0.05, 0.1) is 0 Å². The van der Waals surface area contributed by atoms with Gasteiger partial charge in [-0.25, -0.2) is 0 Å². The molecule has 13 heavy (non-hydrogen) atoms. The van der Waals surface area contributed by atoms with Crippen molar-refractivity contribution in [2.75, 3.05) is 0 Å². The van der Waals surface area contributed by atoms with Crippen molar-refractivity contribution in [3.05, 3.63) is 11.1 Å². The second-order valence-corrected chi connectivity index (χ2v) is 5.08. The summed E-state index contributed by atoms with van der Waals surface area (Å²) in [4.78, 5) is 2.34. The van der Waals surface area contributed by atoms with E-state index in [9.17, 15) is 0 Å². The number of hydrogen-bond acceptors (Lipinski definition) is 0. The Kier molecular flexibility index (Phi) is 12.5. The first-order valence-corrected chi connectivity index (χ1v) is 8.29. The summed E-state index contributed by atoms with van der Waals surface area (Å²) in [7, 11) is 0. The molecule has 0 radical (unpaired) electrons. The Bertz CT molecular complexity index is 108. The van der Waals surface area contributed by atoms with Crippen molar-refractivity contribution in [1.82, 2.24) is 0 Å². The fraction of sp³-hybridized carbons (Fsp3) is 0.833. The number of hydrogen-bond donors (Lipinski definition) is 0. The average molecular weight is 247 g/mol. The van der Waals surface area contributed by atoms with Gasteiger partial charge in [-0.1, -0.05) is 0 Å². The van der Waals surface area contributed by atoms with Gasteiger partial charge in [-0.05, 0) is 0 Å². The third kappa shape index (κ3) is 12.3. The van der Waals surface area contributed by atoms with E-state index in [0.29, 0.717) is 0 Å². The number of unbranched alkanes of at least 4 members (excludes halogenated alkanes) is 7. The molecule has 0 saturated heterocycles. The van der Waals surface area contributed by atoms with Gasteiger partial charge in [0.2, 0.25) is 0 Å². The zero-order valence-electron chi connectivity index (χ0n) is 9.22.